The molecule has 0 heterocycles. The Morgan fingerprint density at radius 2 is 1.71 bits per heavy atom. The SMILES string of the molecule is CCCOc1ccc(C(=O)Oc2ccc(Br)cc2/C=N\NC(=O)COc2ccccc2OC)cc1. The lowest BCUT2D eigenvalue weighted by atomic mass is 10.2. The molecular weight excluding hydrogens is 516 g/mol. The third-order valence-corrected chi connectivity index (χ3v) is 5.05. The first kappa shape index (κ1) is 25.8. The molecule has 0 aliphatic carbocycles. The molecule has 0 saturated heterocycles. The zero-order chi connectivity index (χ0) is 25.0. The minimum absolute atomic E-state index is 0.254. The van der Waals surface area contributed by atoms with E-state index in [9.17, 15) is 9.59 Å². The number of hydrogen-bond donors (Lipinski definition) is 1. The van der Waals surface area contributed by atoms with Gasteiger partial charge in [0.25, 0.3) is 5.91 Å². The van der Waals surface area contributed by atoms with Gasteiger partial charge in [0, 0.05) is 10.0 Å². The number of carbonyl (C=O) groups is 2. The maximum absolute atomic E-state index is 12.6. The standard InChI is InChI=1S/C26H25BrN2O6/c1-3-14-33-21-11-8-18(9-12-21)26(31)35-22-13-10-20(27)15-19(22)16-28-29-25(30)17-34-24-7-5-4-6-23(24)32-2/h4-13,15-16H,3,14,17H2,1-2H3,(H,29,30)/b28-16-. The van der Waals surface area contributed by atoms with Gasteiger partial charge < -0.3 is 18.9 Å². The lowest BCUT2D eigenvalue weighted by Crippen LogP contribution is -2.24. The van der Waals surface area contributed by atoms with Crippen LogP contribution in [-0.4, -0.2) is 38.4 Å². The number of rotatable bonds is 11. The van der Waals surface area contributed by atoms with Gasteiger partial charge in [-0.1, -0.05) is 35.0 Å². The van der Waals surface area contributed by atoms with Gasteiger partial charge in [-0.3, -0.25) is 4.79 Å². The summed E-state index contributed by atoms with van der Waals surface area (Å²) in [4.78, 5) is 24.7. The predicted molar refractivity (Wildman–Crippen MR) is 136 cm³/mol. The summed E-state index contributed by atoms with van der Waals surface area (Å²) in [7, 11) is 1.52. The lowest BCUT2D eigenvalue weighted by molar-refractivity contribution is -0.123. The monoisotopic (exact) mass is 540 g/mol. The van der Waals surface area contributed by atoms with Gasteiger partial charge in [-0.2, -0.15) is 5.10 Å². The highest BCUT2D eigenvalue weighted by atomic mass is 79.9. The Morgan fingerprint density at radius 3 is 2.43 bits per heavy atom. The summed E-state index contributed by atoms with van der Waals surface area (Å²) < 4.78 is 22.5. The van der Waals surface area contributed by atoms with E-state index in [1.165, 1.54) is 13.3 Å². The number of halogens is 1. The highest BCUT2D eigenvalue weighted by molar-refractivity contribution is 9.10. The number of nitrogens with one attached hydrogen (secondary N) is 1. The van der Waals surface area contributed by atoms with Crippen LogP contribution in [0, 0.1) is 0 Å². The van der Waals surface area contributed by atoms with E-state index in [-0.39, 0.29) is 12.4 Å². The van der Waals surface area contributed by atoms with E-state index < -0.39 is 11.9 Å². The summed E-state index contributed by atoms with van der Waals surface area (Å²) in [5.74, 6) is 0.940. The minimum atomic E-state index is -0.529. The fourth-order valence-electron chi connectivity index (χ4n) is 2.87. The molecule has 0 unspecified atom stereocenters. The maximum Gasteiger partial charge on any atom is 0.343 e. The zero-order valence-corrected chi connectivity index (χ0v) is 20.9. The Balaban J connectivity index is 1.60. The van der Waals surface area contributed by atoms with Crippen molar-refractivity contribution >= 4 is 34.0 Å². The average Bonchev–Trinajstić information content (AvgIpc) is 2.88. The van der Waals surface area contributed by atoms with Crippen molar-refractivity contribution < 1.29 is 28.5 Å². The Morgan fingerprint density at radius 1 is 0.971 bits per heavy atom. The molecule has 0 aliphatic rings. The summed E-state index contributed by atoms with van der Waals surface area (Å²) in [5.41, 5.74) is 3.25. The fourth-order valence-corrected chi connectivity index (χ4v) is 3.25. The van der Waals surface area contributed by atoms with Crippen LogP contribution in [0.15, 0.2) is 76.3 Å². The molecule has 35 heavy (non-hydrogen) atoms. The van der Waals surface area contributed by atoms with Crippen LogP contribution >= 0.6 is 15.9 Å². The Kier molecular flexibility index (Phi) is 9.68. The molecule has 0 radical (unpaired) electrons. The molecule has 0 fully saturated rings. The summed E-state index contributed by atoms with van der Waals surface area (Å²) in [6.45, 7) is 2.37. The summed E-state index contributed by atoms with van der Waals surface area (Å²) >= 11 is 3.39. The van der Waals surface area contributed by atoms with Gasteiger partial charge in [0.1, 0.15) is 11.5 Å². The van der Waals surface area contributed by atoms with Crippen molar-refractivity contribution in [1.29, 1.82) is 0 Å². The van der Waals surface area contributed by atoms with Crippen molar-refractivity contribution in [1.82, 2.24) is 5.43 Å². The van der Waals surface area contributed by atoms with Crippen LogP contribution in [0.4, 0.5) is 0 Å². The first-order chi connectivity index (χ1) is 17.0. The quantitative estimate of drug-likeness (QED) is 0.159. The predicted octanol–water partition coefficient (Wildman–Crippen LogP) is 4.99. The molecule has 182 valence electrons. The Labute approximate surface area is 212 Å². The second-order valence-electron chi connectivity index (χ2n) is 7.18. The van der Waals surface area contributed by atoms with Crippen molar-refractivity contribution in [3.63, 3.8) is 0 Å². The van der Waals surface area contributed by atoms with E-state index in [2.05, 4.69) is 26.5 Å². The Hall–Kier alpha value is -3.85. The largest absolute Gasteiger partial charge is 0.494 e. The number of methoxy groups -OCH3 is 1. The number of carbonyl (C=O) groups excluding carboxylic acids is 2. The minimum Gasteiger partial charge on any atom is -0.494 e. The van der Waals surface area contributed by atoms with Crippen molar-refractivity contribution in [3.8, 4) is 23.0 Å². The molecule has 0 aromatic heterocycles. The number of hydrazone groups is 1. The lowest BCUT2D eigenvalue weighted by Gasteiger charge is -2.10. The van der Waals surface area contributed by atoms with E-state index in [1.54, 1.807) is 66.7 Å². The van der Waals surface area contributed by atoms with Crippen molar-refractivity contribution in [2.75, 3.05) is 20.3 Å². The number of amides is 1. The van der Waals surface area contributed by atoms with Gasteiger partial charge in [-0.05, 0) is 61.0 Å². The number of nitrogens with zero attached hydrogens (tertiary/aromatic N) is 1. The molecule has 9 heteroatoms. The molecule has 1 N–H and O–H groups in total. The molecule has 3 aromatic carbocycles. The molecule has 3 aromatic rings. The Bertz CT molecular complexity index is 1180. The van der Waals surface area contributed by atoms with Crippen molar-refractivity contribution in [2.45, 2.75) is 13.3 Å². The number of para-hydroxylation sites is 2. The average molecular weight is 541 g/mol. The van der Waals surface area contributed by atoms with E-state index in [1.807, 2.05) is 6.92 Å². The van der Waals surface area contributed by atoms with Crippen LogP contribution < -0.4 is 24.4 Å². The van der Waals surface area contributed by atoms with Gasteiger partial charge in [0.15, 0.2) is 18.1 Å². The molecule has 0 spiro atoms. The van der Waals surface area contributed by atoms with Crippen molar-refractivity contribution in [3.05, 3.63) is 82.3 Å². The maximum atomic E-state index is 12.6. The van der Waals surface area contributed by atoms with Gasteiger partial charge in [0.05, 0.1) is 25.5 Å². The van der Waals surface area contributed by atoms with Crippen LogP contribution in [0.25, 0.3) is 0 Å². The number of benzene rings is 3. The highest BCUT2D eigenvalue weighted by Crippen LogP contribution is 2.26. The summed E-state index contributed by atoms with van der Waals surface area (Å²) in [6, 6.07) is 18.8. The third kappa shape index (κ3) is 7.86. The molecule has 0 saturated carbocycles. The summed E-state index contributed by atoms with van der Waals surface area (Å²) in [6.07, 6.45) is 2.28. The molecular formula is C26H25BrN2O6. The zero-order valence-electron chi connectivity index (χ0n) is 19.3. The molecule has 0 atom stereocenters. The van der Waals surface area contributed by atoms with E-state index >= 15 is 0 Å². The van der Waals surface area contributed by atoms with Crippen LogP contribution in [0.1, 0.15) is 29.3 Å². The molecule has 0 bridgehead atoms. The smallest absolute Gasteiger partial charge is 0.343 e. The van der Waals surface area contributed by atoms with Gasteiger partial charge in [0.2, 0.25) is 0 Å². The number of ether oxygens (including phenoxy) is 4. The first-order valence-electron chi connectivity index (χ1n) is 10.8. The first-order valence-corrected chi connectivity index (χ1v) is 11.6. The second kappa shape index (κ2) is 13.1. The van der Waals surface area contributed by atoms with Crippen molar-refractivity contribution in [2.24, 2.45) is 5.10 Å². The van der Waals surface area contributed by atoms with Crippen LogP contribution in [0.2, 0.25) is 0 Å². The normalized spacial score (nSPS) is 10.6. The molecule has 3 rings (SSSR count). The van der Waals surface area contributed by atoms with E-state index in [0.29, 0.717) is 35.0 Å². The molecule has 8 nitrogen and oxygen atoms in total. The van der Waals surface area contributed by atoms with E-state index in [0.717, 1.165) is 10.9 Å². The third-order valence-electron chi connectivity index (χ3n) is 4.56. The molecule has 1 amide bonds. The van der Waals surface area contributed by atoms with E-state index in [4.69, 9.17) is 18.9 Å². The van der Waals surface area contributed by atoms with Crippen LogP contribution in [0.5, 0.6) is 23.0 Å². The highest BCUT2D eigenvalue weighted by Gasteiger charge is 2.12. The van der Waals surface area contributed by atoms with Gasteiger partial charge >= 0.3 is 5.97 Å². The topological polar surface area (TPSA) is 95.5 Å². The number of esters is 1. The van der Waals surface area contributed by atoms with Crippen LogP contribution in [-0.2, 0) is 4.79 Å². The van der Waals surface area contributed by atoms with Gasteiger partial charge in [-0.15, -0.1) is 0 Å². The van der Waals surface area contributed by atoms with Crippen LogP contribution in [0.3, 0.4) is 0 Å². The fraction of sp³-hybridized carbons (Fsp3) is 0.192. The molecule has 0 aliphatic heterocycles. The second-order valence-corrected chi connectivity index (χ2v) is 8.09. The number of hydrogen-bond acceptors (Lipinski definition) is 7. The summed E-state index contributed by atoms with van der Waals surface area (Å²) in [5, 5.41) is 3.95. The van der Waals surface area contributed by atoms with Gasteiger partial charge in [-0.25, -0.2) is 10.2 Å².